The number of benzene rings is 1. The number of aryl methyl sites for hydroxylation is 1. The van der Waals surface area contributed by atoms with Crippen LogP contribution in [0.25, 0.3) is 11.4 Å². The number of aromatic nitrogens is 2. The predicted molar refractivity (Wildman–Crippen MR) is 98.2 cm³/mol. The van der Waals surface area contributed by atoms with Gasteiger partial charge in [-0.05, 0) is 36.6 Å². The average molecular weight is 375 g/mol. The molecule has 0 saturated heterocycles. The minimum absolute atomic E-state index is 0.130. The molecule has 2 rings (SSSR count). The van der Waals surface area contributed by atoms with Gasteiger partial charge < -0.3 is 19.7 Å². The molecule has 8 nitrogen and oxygen atoms in total. The summed E-state index contributed by atoms with van der Waals surface area (Å²) in [4.78, 5) is 27.6. The quantitative estimate of drug-likeness (QED) is 0.656. The van der Waals surface area contributed by atoms with E-state index in [0.29, 0.717) is 31.0 Å². The van der Waals surface area contributed by atoms with Crippen LogP contribution in [0.4, 0.5) is 0 Å². The maximum atomic E-state index is 12.0. The monoisotopic (exact) mass is 375 g/mol. The number of hydrogen-bond acceptors (Lipinski definition) is 6. The van der Waals surface area contributed by atoms with Crippen LogP contribution in [-0.2, 0) is 16.0 Å². The first-order chi connectivity index (χ1) is 12.9. The van der Waals surface area contributed by atoms with Crippen molar-refractivity contribution in [3.8, 4) is 17.1 Å². The normalized spacial score (nSPS) is 13.0. The molecule has 1 heterocycles. The number of rotatable bonds is 10. The Morgan fingerprint density at radius 3 is 2.59 bits per heavy atom. The SMILES string of the molecule is CCC(C)C(NC(=O)CCCc1nc(-c2ccc(OC)cc2)no1)C(=O)O. The Bertz CT molecular complexity index is 757. The molecule has 0 saturated carbocycles. The number of nitrogens with zero attached hydrogens (tertiary/aromatic N) is 2. The summed E-state index contributed by atoms with van der Waals surface area (Å²) in [6.45, 7) is 3.70. The Balaban J connectivity index is 1.84. The zero-order valence-corrected chi connectivity index (χ0v) is 15.8. The number of amides is 1. The fourth-order valence-corrected chi connectivity index (χ4v) is 2.54. The zero-order valence-electron chi connectivity index (χ0n) is 15.8. The zero-order chi connectivity index (χ0) is 19.8. The summed E-state index contributed by atoms with van der Waals surface area (Å²) < 4.78 is 10.3. The molecule has 0 bridgehead atoms. The fraction of sp³-hybridized carbons (Fsp3) is 0.474. The van der Waals surface area contributed by atoms with Crippen LogP contribution in [-0.4, -0.2) is 40.3 Å². The Kier molecular flexibility index (Phi) is 7.34. The summed E-state index contributed by atoms with van der Waals surface area (Å²) in [6, 6.07) is 6.43. The molecule has 0 radical (unpaired) electrons. The molecule has 2 unspecified atom stereocenters. The molecule has 146 valence electrons. The lowest BCUT2D eigenvalue weighted by Gasteiger charge is -2.19. The van der Waals surface area contributed by atoms with Crippen LogP contribution < -0.4 is 10.1 Å². The molecule has 1 aromatic carbocycles. The Morgan fingerprint density at radius 1 is 1.30 bits per heavy atom. The van der Waals surface area contributed by atoms with Gasteiger partial charge >= 0.3 is 5.97 Å². The van der Waals surface area contributed by atoms with E-state index in [2.05, 4.69) is 15.5 Å². The van der Waals surface area contributed by atoms with Gasteiger partial charge in [0.25, 0.3) is 0 Å². The van der Waals surface area contributed by atoms with Gasteiger partial charge in [0, 0.05) is 18.4 Å². The molecule has 1 aromatic heterocycles. The third-order valence-corrected chi connectivity index (χ3v) is 4.41. The van der Waals surface area contributed by atoms with Crippen molar-refractivity contribution in [3.05, 3.63) is 30.2 Å². The van der Waals surface area contributed by atoms with Crippen LogP contribution >= 0.6 is 0 Å². The van der Waals surface area contributed by atoms with Crippen LogP contribution in [0.3, 0.4) is 0 Å². The molecule has 2 N–H and O–H groups in total. The van der Waals surface area contributed by atoms with Crippen molar-refractivity contribution in [2.75, 3.05) is 7.11 Å². The molecular weight excluding hydrogens is 350 g/mol. The van der Waals surface area contributed by atoms with Crippen LogP contribution in [0, 0.1) is 5.92 Å². The van der Waals surface area contributed by atoms with Gasteiger partial charge in [0.05, 0.1) is 7.11 Å². The minimum Gasteiger partial charge on any atom is -0.497 e. The van der Waals surface area contributed by atoms with Gasteiger partial charge in [-0.15, -0.1) is 0 Å². The van der Waals surface area contributed by atoms with Crippen LogP contribution in [0.1, 0.15) is 39.0 Å². The minimum atomic E-state index is -1.02. The molecule has 0 aliphatic rings. The van der Waals surface area contributed by atoms with E-state index in [1.54, 1.807) is 14.0 Å². The van der Waals surface area contributed by atoms with Gasteiger partial charge in [-0.3, -0.25) is 4.79 Å². The summed E-state index contributed by atoms with van der Waals surface area (Å²) in [5.41, 5.74) is 0.807. The first-order valence-corrected chi connectivity index (χ1v) is 8.93. The van der Waals surface area contributed by atoms with Gasteiger partial charge in [-0.25, -0.2) is 4.79 Å². The number of carboxylic acids is 1. The van der Waals surface area contributed by atoms with Crippen molar-refractivity contribution in [3.63, 3.8) is 0 Å². The van der Waals surface area contributed by atoms with E-state index in [-0.39, 0.29) is 18.2 Å². The molecule has 0 aliphatic carbocycles. The highest BCUT2D eigenvalue weighted by Gasteiger charge is 2.25. The lowest BCUT2D eigenvalue weighted by atomic mass is 9.99. The molecule has 0 aliphatic heterocycles. The number of ether oxygens (including phenoxy) is 1. The highest BCUT2D eigenvalue weighted by atomic mass is 16.5. The number of carbonyl (C=O) groups excluding carboxylic acids is 1. The maximum Gasteiger partial charge on any atom is 0.326 e. The highest BCUT2D eigenvalue weighted by molar-refractivity contribution is 5.83. The fourth-order valence-electron chi connectivity index (χ4n) is 2.54. The van der Waals surface area contributed by atoms with Crippen LogP contribution in [0.5, 0.6) is 5.75 Å². The first kappa shape index (κ1) is 20.4. The second kappa shape index (κ2) is 9.70. The van der Waals surface area contributed by atoms with Gasteiger partial charge in [-0.2, -0.15) is 4.98 Å². The van der Waals surface area contributed by atoms with E-state index >= 15 is 0 Å². The molecule has 0 fully saturated rings. The van der Waals surface area contributed by atoms with E-state index in [4.69, 9.17) is 9.26 Å². The first-order valence-electron chi connectivity index (χ1n) is 8.93. The summed E-state index contributed by atoms with van der Waals surface area (Å²) in [6.07, 6.45) is 1.80. The van der Waals surface area contributed by atoms with Crippen LogP contribution in [0.15, 0.2) is 28.8 Å². The average Bonchev–Trinajstić information content (AvgIpc) is 3.14. The van der Waals surface area contributed by atoms with Gasteiger partial charge in [-0.1, -0.05) is 25.4 Å². The van der Waals surface area contributed by atoms with Gasteiger partial charge in [0.1, 0.15) is 11.8 Å². The summed E-state index contributed by atoms with van der Waals surface area (Å²) >= 11 is 0. The number of aliphatic carboxylic acids is 1. The van der Waals surface area contributed by atoms with E-state index in [1.165, 1.54) is 0 Å². The molecule has 27 heavy (non-hydrogen) atoms. The van der Waals surface area contributed by atoms with E-state index in [1.807, 2.05) is 31.2 Å². The Labute approximate surface area is 157 Å². The Morgan fingerprint density at radius 2 is 2.00 bits per heavy atom. The number of hydrogen-bond donors (Lipinski definition) is 2. The third kappa shape index (κ3) is 5.80. The highest BCUT2D eigenvalue weighted by Crippen LogP contribution is 2.20. The van der Waals surface area contributed by atoms with Gasteiger partial charge in [0.15, 0.2) is 0 Å². The summed E-state index contributed by atoms with van der Waals surface area (Å²) in [5, 5.41) is 15.7. The Hall–Kier alpha value is -2.90. The number of carboxylic acid groups (broad SMARTS) is 1. The third-order valence-electron chi connectivity index (χ3n) is 4.41. The largest absolute Gasteiger partial charge is 0.497 e. The second-order valence-corrected chi connectivity index (χ2v) is 6.36. The predicted octanol–water partition coefficient (Wildman–Crippen LogP) is 2.68. The summed E-state index contributed by atoms with van der Waals surface area (Å²) in [7, 11) is 1.60. The van der Waals surface area contributed by atoms with Crippen molar-refractivity contribution in [2.24, 2.45) is 5.92 Å². The molecule has 0 spiro atoms. The van der Waals surface area contributed by atoms with Crippen LogP contribution in [0.2, 0.25) is 0 Å². The molecular formula is C19H25N3O5. The standard InChI is InChI=1S/C19H25N3O5/c1-4-12(2)17(19(24)25)20-15(23)6-5-7-16-21-18(22-27-16)13-8-10-14(26-3)11-9-13/h8-12,17H,4-7H2,1-3H3,(H,20,23)(H,24,25). The smallest absolute Gasteiger partial charge is 0.326 e. The number of methoxy groups -OCH3 is 1. The van der Waals surface area contributed by atoms with Crippen molar-refractivity contribution in [1.82, 2.24) is 15.5 Å². The second-order valence-electron chi connectivity index (χ2n) is 6.36. The molecule has 2 aromatic rings. The van der Waals surface area contributed by atoms with Crippen molar-refractivity contribution >= 4 is 11.9 Å². The van der Waals surface area contributed by atoms with E-state index in [0.717, 1.165) is 11.3 Å². The van der Waals surface area contributed by atoms with E-state index < -0.39 is 12.0 Å². The molecule has 8 heteroatoms. The van der Waals surface area contributed by atoms with Crippen molar-refractivity contribution in [2.45, 2.75) is 45.6 Å². The lowest BCUT2D eigenvalue weighted by molar-refractivity contribution is -0.143. The maximum absolute atomic E-state index is 12.0. The van der Waals surface area contributed by atoms with Crippen molar-refractivity contribution in [1.29, 1.82) is 0 Å². The lowest BCUT2D eigenvalue weighted by Crippen LogP contribution is -2.44. The molecule has 2 atom stereocenters. The number of carbonyl (C=O) groups is 2. The number of nitrogens with one attached hydrogen (secondary N) is 1. The van der Waals surface area contributed by atoms with E-state index in [9.17, 15) is 14.7 Å². The topological polar surface area (TPSA) is 115 Å². The molecule has 1 amide bonds. The van der Waals surface area contributed by atoms with Crippen molar-refractivity contribution < 1.29 is 24.0 Å². The summed E-state index contributed by atoms with van der Waals surface area (Å²) in [5.74, 6) is 0.210. The van der Waals surface area contributed by atoms with Gasteiger partial charge in [0.2, 0.25) is 17.6 Å².